The van der Waals surface area contributed by atoms with E-state index in [0.29, 0.717) is 0 Å². The van der Waals surface area contributed by atoms with Crippen LogP contribution in [0.2, 0.25) is 0 Å². The summed E-state index contributed by atoms with van der Waals surface area (Å²) in [7, 11) is 1.91. The van der Waals surface area contributed by atoms with Crippen molar-refractivity contribution < 1.29 is 5.11 Å². The van der Waals surface area contributed by atoms with Gasteiger partial charge in [0, 0.05) is 36.3 Å². The highest BCUT2D eigenvalue weighted by Crippen LogP contribution is 2.22. The second kappa shape index (κ2) is 6.13. The van der Waals surface area contributed by atoms with Crippen molar-refractivity contribution in [3.63, 3.8) is 0 Å². The topological polar surface area (TPSA) is 50.1 Å². The molecule has 0 fully saturated rings. The first-order valence-electron chi connectivity index (χ1n) is 6.07. The lowest BCUT2D eigenvalue weighted by atomic mass is 10.1. The maximum absolute atomic E-state index is 10.0. The van der Waals surface area contributed by atoms with E-state index in [-0.39, 0.29) is 12.1 Å². The van der Waals surface area contributed by atoms with E-state index in [2.05, 4.69) is 17.3 Å². The van der Waals surface area contributed by atoms with Crippen molar-refractivity contribution in [2.75, 3.05) is 0 Å². The van der Waals surface area contributed by atoms with Crippen molar-refractivity contribution in [1.82, 2.24) is 15.1 Å². The number of aliphatic hydroxyl groups is 1. The Bertz CT molecular complexity index is 466. The summed E-state index contributed by atoms with van der Waals surface area (Å²) in [6.45, 7) is 2.87. The van der Waals surface area contributed by atoms with Crippen LogP contribution in [0.5, 0.6) is 0 Å². The fourth-order valence-electron chi connectivity index (χ4n) is 1.87. The van der Waals surface area contributed by atoms with Gasteiger partial charge in [0.15, 0.2) is 0 Å². The summed E-state index contributed by atoms with van der Waals surface area (Å²) in [5.41, 5.74) is 1.16. The minimum Gasteiger partial charge on any atom is -0.388 e. The van der Waals surface area contributed by atoms with Gasteiger partial charge in [-0.3, -0.25) is 4.68 Å². The minimum absolute atomic E-state index is 0.266. The largest absolute Gasteiger partial charge is 0.388 e. The molecule has 4 nitrogen and oxygen atoms in total. The maximum atomic E-state index is 10.0. The average Bonchev–Trinajstić information content (AvgIpc) is 2.97. The van der Waals surface area contributed by atoms with Crippen molar-refractivity contribution in [1.29, 1.82) is 0 Å². The number of thiophene rings is 1. The number of aliphatic hydroxyl groups excluding tert-OH is 1. The van der Waals surface area contributed by atoms with Crippen molar-refractivity contribution >= 4 is 11.3 Å². The predicted molar refractivity (Wildman–Crippen MR) is 73.4 cm³/mol. The molecule has 0 spiro atoms. The van der Waals surface area contributed by atoms with E-state index in [4.69, 9.17) is 0 Å². The van der Waals surface area contributed by atoms with E-state index in [9.17, 15) is 5.11 Å². The number of nitrogens with zero attached hydrogens (tertiary/aromatic N) is 2. The summed E-state index contributed by atoms with van der Waals surface area (Å²) in [6.07, 6.45) is 4.20. The fraction of sp³-hybridized carbons (Fsp3) is 0.462. The molecule has 98 valence electrons. The second-order valence-corrected chi connectivity index (χ2v) is 5.55. The van der Waals surface area contributed by atoms with Crippen LogP contribution < -0.4 is 5.32 Å². The number of nitrogens with one attached hydrogen (secondary N) is 1. The zero-order valence-electron chi connectivity index (χ0n) is 10.7. The molecule has 0 radical (unpaired) electrons. The van der Waals surface area contributed by atoms with Gasteiger partial charge >= 0.3 is 0 Å². The van der Waals surface area contributed by atoms with Crippen LogP contribution in [0.3, 0.4) is 0 Å². The third-order valence-corrected chi connectivity index (χ3v) is 3.83. The normalized spacial score (nSPS) is 14.6. The van der Waals surface area contributed by atoms with E-state index in [1.807, 2.05) is 37.0 Å². The molecule has 2 N–H and O–H groups in total. The van der Waals surface area contributed by atoms with Gasteiger partial charge in [-0.25, -0.2) is 0 Å². The summed E-state index contributed by atoms with van der Waals surface area (Å²) in [6, 6.07) is 4.21. The number of aryl methyl sites for hydroxylation is 1. The third kappa shape index (κ3) is 3.66. The van der Waals surface area contributed by atoms with E-state index in [0.717, 1.165) is 23.4 Å². The molecule has 0 aliphatic rings. The smallest absolute Gasteiger partial charge is 0.0896 e. The maximum Gasteiger partial charge on any atom is 0.0896 e. The lowest BCUT2D eigenvalue weighted by Crippen LogP contribution is -2.27. The van der Waals surface area contributed by atoms with Gasteiger partial charge in [-0.15, -0.1) is 11.3 Å². The molecule has 0 unspecified atom stereocenters. The van der Waals surface area contributed by atoms with Gasteiger partial charge in [-0.1, -0.05) is 6.07 Å². The Morgan fingerprint density at radius 2 is 2.39 bits per heavy atom. The van der Waals surface area contributed by atoms with E-state index < -0.39 is 0 Å². The number of hydrogen-bond donors (Lipinski definition) is 2. The summed E-state index contributed by atoms with van der Waals surface area (Å²) in [4.78, 5) is 1.03. The molecular weight excluding hydrogens is 246 g/mol. The molecule has 5 heteroatoms. The first-order chi connectivity index (χ1) is 8.65. The number of aromatic nitrogens is 2. The lowest BCUT2D eigenvalue weighted by Gasteiger charge is -2.16. The molecule has 18 heavy (non-hydrogen) atoms. The highest BCUT2D eigenvalue weighted by Gasteiger charge is 2.13. The Hall–Kier alpha value is -1.17. The molecular formula is C13H19N3OS. The number of rotatable bonds is 6. The van der Waals surface area contributed by atoms with Crippen LogP contribution in [-0.4, -0.2) is 20.9 Å². The van der Waals surface area contributed by atoms with Gasteiger partial charge in [0.1, 0.15) is 0 Å². The van der Waals surface area contributed by atoms with Crippen molar-refractivity contribution in [2.45, 2.75) is 32.0 Å². The van der Waals surface area contributed by atoms with Crippen LogP contribution in [0.15, 0.2) is 29.9 Å². The van der Waals surface area contributed by atoms with Gasteiger partial charge < -0.3 is 10.4 Å². The fourth-order valence-corrected chi connectivity index (χ4v) is 2.60. The summed E-state index contributed by atoms with van der Waals surface area (Å²) < 4.78 is 1.79. The Morgan fingerprint density at radius 1 is 1.56 bits per heavy atom. The SMILES string of the molecule is C[C@H](C[C@@H](O)c1cccs1)NCc1cnn(C)c1. The van der Waals surface area contributed by atoms with Gasteiger partial charge in [-0.2, -0.15) is 5.10 Å². The summed E-state index contributed by atoms with van der Waals surface area (Å²) >= 11 is 1.60. The van der Waals surface area contributed by atoms with Gasteiger partial charge in [0.25, 0.3) is 0 Å². The van der Waals surface area contributed by atoms with Crippen molar-refractivity contribution in [2.24, 2.45) is 7.05 Å². The molecule has 0 amide bonds. The summed E-state index contributed by atoms with van der Waals surface area (Å²) in [5.74, 6) is 0. The highest BCUT2D eigenvalue weighted by atomic mass is 32.1. The molecule has 0 aromatic carbocycles. The molecule has 2 aromatic heterocycles. The second-order valence-electron chi connectivity index (χ2n) is 4.57. The Labute approximate surface area is 111 Å². The Kier molecular flexibility index (Phi) is 4.52. The zero-order chi connectivity index (χ0) is 13.0. The number of hydrogen-bond acceptors (Lipinski definition) is 4. The van der Waals surface area contributed by atoms with E-state index in [1.54, 1.807) is 16.0 Å². The Morgan fingerprint density at radius 3 is 3.00 bits per heavy atom. The van der Waals surface area contributed by atoms with Crippen LogP contribution in [0.1, 0.15) is 29.9 Å². The van der Waals surface area contributed by atoms with Crippen molar-refractivity contribution in [3.8, 4) is 0 Å². The molecule has 0 aliphatic heterocycles. The minimum atomic E-state index is -0.374. The molecule has 2 aromatic rings. The molecule has 2 atom stereocenters. The lowest BCUT2D eigenvalue weighted by molar-refractivity contribution is 0.157. The zero-order valence-corrected chi connectivity index (χ0v) is 11.5. The predicted octanol–water partition coefficient (Wildman–Crippen LogP) is 2.08. The van der Waals surface area contributed by atoms with E-state index in [1.165, 1.54) is 0 Å². The van der Waals surface area contributed by atoms with Gasteiger partial charge in [0.2, 0.25) is 0 Å². The van der Waals surface area contributed by atoms with Gasteiger partial charge in [0.05, 0.1) is 12.3 Å². The molecule has 2 heterocycles. The van der Waals surface area contributed by atoms with Crippen LogP contribution in [0.25, 0.3) is 0 Å². The van der Waals surface area contributed by atoms with Crippen LogP contribution in [0, 0.1) is 0 Å². The molecule has 0 bridgehead atoms. The van der Waals surface area contributed by atoms with Crippen LogP contribution in [-0.2, 0) is 13.6 Å². The first-order valence-corrected chi connectivity index (χ1v) is 6.95. The molecule has 0 saturated carbocycles. The van der Waals surface area contributed by atoms with Crippen molar-refractivity contribution in [3.05, 3.63) is 40.3 Å². The molecule has 0 aliphatic carbocycles. The Balaban J connectivity index is 1.76. The monoisotopic (exact) mass is 265 g/mol. The standard InChI is InChI=1S/C13H19N3OS/c1-10(6-12(17)13-4-3-5-18-13)14-7-11-8-15-16(2)9-11/h3-5,8-10,12,14,17H,6-7H2,1-2H3/t10-,12-/m1/s1. The van der Waals surface area contributed by atoms with E-state index >= 15 is 0 Å². The summed E-state index contributed by atoms with van der Waals surface area (Å²) in [5, 5.41) is 19.5. The third-order valence-electron chi connectivity index (χ3n) is 2.86. The quantitative estimate of drug-likeness (QED) is 0.841. The highest BCUT2D eigenvalue weighted by molar-refractivity contribution is 7.10. The molecule has 2 rings (SSSR count). The molecule has 0 saturated heterocycles. The first kappa shape index (κ1) is 13.3. The van der Waals surface area contributed by atoms with Crippen LogP contribution >= 0.6 is 11.3 Å². The van der Waals surface area contributed by atoms with Crippen LogP contribution in [0.4, 0.5) is 0 Å². The van der Waals surface area contributed by atoms with Gasteiger partial charge in [-0.05, 0) is 24.8 Å². The average molecular weight is 265 g/mol.